The van der Waals surface area contributed by atoms with Crippen molar-refractivity contribution in [2.24, 2.45) is 10.3 Å². The van der Waals surface area contributed by atoms with Crippen molar-refractivity contribution in [3.8, 4) is 0 Å². The zero-order chi connectivity index (χ0) is 17.7. The minimum atomic E-state index is -4.36. The van der Waals surface area contributed by atoms with Gasteiger partial charge in [0.05, 0.1) is 12.0 Å². The summed E-state index contributed by atoms with van der Waals surface area (Å²) >= 11 is 6.01. The van der Waals surface area contributed by atoms with Crippen LogP contribution in [0.5, 0.6) is 0 Å². The lowest BCUT2D eigenvalue weighted by Gasteiger charge is -2.41. The first-order valence-electron chi connectivity index (χ1n) is 6.27. The molecule has 0 bridgehead atoms. The number of hydrogen-bond donors (Lipinski definition) is 2. The summed E-state index contributed by atoms with van der Waals surface area (Å²) in [6.07, 6.45) is -2.51. The van der Waals surface area contributed by atoms with Crippen molar-refractivity contribution in [1.82, 2.24) is 0 Å². The van der Waals surface area contributed by atoms with Gasteiger partial charge in [-0.15, -0.1) is 11.6 Å². The first-order chi connectivity index (χ1) is 10.2. The Morgan fingerprint density at radius 3 is 2.35 bits per heavy atom. The Bertz CT molecular complexity index is 667. The summed E-state index contributed by atoms with van der Waals surface area (Å²) in [5.74, 6) is -3.04. The van der Waals surface area contributed by atoms with Gasteiger partial charge in [-0.05, 0) is 13.8 Å². The third-order valence-electron chi connectivity index (χ3n) is 3.07. The van der Waals surface area contributed by atoms with E-state index in [1.54, 1.807) is 0 Å². The first-order valence-corrected chi connectivity index (χ1v) is 9.65. The predicted octanol–water partition coefficient (Wildman–Crippen LogP) is -1.72. The van der Waals surface area contributed by atoms with Crippen LogP contribution < -0.4 is 10.3 Å². The van der Waals surface area contributed by atoms with Gasteiger partial charge < -0.3 is 14.2 Å². The second-order valence-electron chi connectivity index (χ2n) is 5.49. The molecule has 0 radical (unpaired) electrons. The molecule has 0 spiro atoms. The second kappa shape index (κ2) is 6.01. The van der Waals surface area contributed by atoms with Crippen molar-refractivity contribution in [3.05, 3.63) is 0 Å². The van der Waals surface area contributed by atoms with E-state index in [1.807, 2.05) is 0 Å². The van der Waals surface area contributed by atoms with Gasteiger partial charge in [0.1, 0.15) is 18.8 Å². The van der Waals surface area contributed by atoms with Gasteiger partial charge in [-0.25, -0.2) is 10.3 Å². The molecular weight excluding hydrogens is 380 g/mol. The molecule has 0 amide bonds. The van der Waals surface area contributed by atoms with Gasteiger partial charge in [0.25, 0.3) is 0 Å². The molecule has 4 atom stereocenters. The summed E-state index contributed by atoms with van der Waals surface area (Å²) in [5, 5.41) is 8.71. The highest BCUT2D eigenvalue weighted by Crippen LogP contribution is 2.44. The number of halogens is 1. The lowest BCUT2D eigenvalue weighted by molar-refractivity contribution is -0.281. The normalized spacial score (nSPS) is 37.5. The number of nitrogens with two attached hydrogens (primary N) is 2. The van der Waals surface area contributed by atoms with E-state index in [9.17, 15) is 16.8 Å². The van der Waals surface area contributed by atoms with Crippen LogP contribution in [0.1, 0.15) is 13.8 Å². The maximum absolute atomic E-state index is 11.2. The highest BCUT2D eigenvalue weighted by atomic mass is 35.5. The van der Waals surface area contributed by atoms with Gasteiger partial charge in [0, 0.05) is 0 Å². The molecule has 4 N–H and O–H groups in total. The van der Waals surface area contributed by atoms with Crippen LogP contribution in [-0.4, -0.2) is 59.2 Å². The summed E-state index contributed by atoms with van der Waals surface area (Å²) in [6, 6.07) is 0. The summed E-state index contributed by atoms with van der Waals surface area (Å²) in [4.78, 5) is 0. The van der Waals surface area contributed by atoms with Gasteiger partial charge in [0.2, 0.25) is 5.79 Å². The van der Waals surface area contributed by atoms with Crippen molar-refractivity contribution in [2.45, 2.75) is 43.0 Å². The molecule has 0 aliphatic carbocycles. The van der Waals surface area contributed by atoms with Gasteiger partial charge in [-0.1, -0.05) is 0 Å². The SMILES string of the molecule is CC1(C)O[C@H]2[C@H](OS(N)(=O)=O)[C@@H](Cl)CO[C@@]2(COS(N)(=O)=O)O1. The van der Waals surface area contributed by atoms with Gasteiger partial charge in [0.15, 0.2) is 5.79 Å². The maximum Gasteiger partial charge on any atom is 0.333 e. The van der Waals surface area contributed by atoms with Crippen LogP contribution in [0, 0.1) is 0 Å². The van der Waals surface area contributed by atoms with Crippen molar-refractivity contribution in [1.29, 1.82) is 0 Å². The van der Waals surface area contributed by atoms with Crippen molar-refractivity contribution in [3.63, 3.8) is 0 Å². The number of fused-ring (bicyclic) bond motifs is 1. The fourth-order valence-corrected chi connectivity index (χ4v) is 3.59. The van der Waals surface area contributed by atoms with Crippen LogP contribution >= 0.6 is 11.6 Å². The molecule has 0 unspecified atom stereocenters. The molecule has 2 aliphatic heterocycles. The summed E-state index contributed by atoms with van der Waals surface area (Å²) in [6.45, 7) is 2.09. The Labute approximate surface area is 138 Å². The Morgan fingerprint density at radius 1 is 1.22 bits per heavy atom. The van der Waals surface area contributed by atoms with Crippen LogP contribution in [0.15, 0.2) is 0 Å². The number of hydrogen-bond acceptors (Lipinski definition) is 9. The summed E-state index contributed by atoms with van der Waals surface area (Å²) < 4.78 is 70.3. The van der Waals surface area contributed by atoms with Crippen molar-refractivity contribution < 1.29 is 39.4 Å². The standard InChI is InChI=1S/C9H17ClN2O9S2/c1-8(2)19-7-6(20-23(12,15)16)5(10)3-17-9(7,21-8)4-18-22(11,13)14/h5-7H,3-4H2,1-2H3,(H2,11,13,14)(H2,12,15,16)/t5-,6+,7-,9-/m0/s1. The van der Waals surface area contributed by atoms with Crippen LogP contribution in [0.3, 0.4) is 0 Å². The molecule has 2 saturated heterocycles. The molecule has 2 heterocycles. The highest BCUT2D eigenvalue weighted by molar-refractivity contribution is 7.84. The zero-order valence-corrected chi connectivity index (χ0v) is 14.6. The smallest absolute Gasteiger partial charge is 0.333 e. The maximum atomic E-state index is 11.2. The van der Waals surface area contributed by atoms with E-state index in [-0.39, 0.29) is 6.61 Å². The van der Waals surface area contributed by atoms with E-state index in [2.05, 4.69) is 4.18 Å². The quantitative estimate of drug-likeness (QED) is 0.513. The fourth-order valence-electron chi connectivity index (χ4n) is 2.41. The topological polar surface area (TPSA) is 166 Å². The Morgan fingerprint density at radius 2 is 1.83 bits per heavy atom. The lowest BCUT2D eigenvalue weighted by Crippen LogP contribution is -2.61. The van der Waals surface area contributed by atoms with E-state index in [0.29, 0.717) is 0 Å². The molecule has 0 aromatic heterocycles. The molecule has 14 heteroatoms. The van der Waals surface area contributed by atoms with Gasteiger partial charge in [-0.2, -0.15) is 16.8 Å². The monoisotopic (exact) mass is 396 g/mol. The van der Waals surface area contributed by atoms with Crippen LogP contribution in [0.25, 0.3) is 0 Å². The molecule has 2 fully saturated rings. The molecule has 0 aromatic rings. The molecule has 0 aromatic carbocycles. The molecule has 0 saturated carbocycles. The number of rotatable bonds is 5. The average molecular weight is 397 g/mol. The highest BCUT2D eigenvalue weighted by Gasteiger charge is 2.63. The molecule has 2 aliphatic rings. The molecule has 2 rings (SSSR count). The summed E-state index contributed by atoms with van der Waals surface area (Å²) in [7, 11) is -8.67. The second-order valence-corrected chi connectivity index (χ2v) is 8.45. The zero-order valence-electron chi connectivity index (χ0n) is 12.2. The average Bonchev–Trinajstić information content (AvgIpc) is 2.61. The van der Waals surface area contributed by atoms with Crippen LogP contribution in [-0.2, 0) is 43.2 Å². The Kier molecular flexibility index (Phi) is 5.03. The van der Waals surface area contributed by atoms with Crippen molar-refractivity contribution in [2.75, 3.05) is 13.2 Å². The van der Waals surface area contributed by atoms with Gasteiger partial charge in [-0.3, -0.25) is 8.37 Å². The first kappa shape index (κ1) is 19.2. The van der Waals surface area contributed by atoms with E-state index in [4.69, 9.17) is 40.3 Å². The third-order valence-corrected chi connectivity index (χ3v) is 4.39. The van der Waals surface area contributed by atoms with E-state index >= 15 is 0 Å². The lowest BCUT2D eigenvalue weighted by atomic mass is 9.99. The number of ether oxygens (including phenoxy) is 3. The fraction of sp³-hybridized carbons (Fsp3) is 1.00. The van der Waals surface area contributed by atoms with Crippen LogP contribution in [0.4, 0.5) is 0 Å². The Hall–Kier alpha value is -0.0900. The number of alkyl halides is 1. The van der Waals surface area contributed by atoms with Crippen LogP contribution in [0.2, 0.25) is 0 Å². The molecule has 136 valence electrons. The minimum absolute atomic E-state index is 0.230. The summed E-state index contributed by atoms with van der Waals surface area (Å²) in [5.41, 5.74) is 0. The van der Waals surface area contributed by atoms with E-state index < -0.39 is 56.4 Å². The largest absolute Gasteiger partial charge is 0.344 e. The molecule has 11 nitrogen and oxygen atoms in total. The van der Waals surface area contributed by atoms with Crippen molar-refractivity contribution >= 4 is 32.2 Å². The minimum Gasteiger partial charge on any atom is -0.344 e. The molecular formula is C9H17ClN2O9S2. The molecule has 23 heavy (non-hydrogen) atoms. The van der Waals surface area contributed by atoms with E-state index in [1.165, 1.54) is 13.8 Å². The Balaban J connectivity index is 2.34. The predicted molar refractivity (Wildman–Crippen MR) is 75.4 cm³/mol. The third kappa shape index (κ3) is 4.72. The van der Waals surface area contributed by atoms with Gasteiger partial charge >= 0.3 is 20.6 Å². The van der Waals surface area contributed by atoms with E-state index in [0.717, 1.165) is 0 Å².